The van der Waals surface area contributed by atoms with Gasteiger partial charge in [-0.25, -0.2) is 8.78 Å². The van der Waals surface area contributed by atoms with Crippen LogP contribution in [-0.2, 0) is 0 Å². The van der Waals surface area contributed by atoms with E-state index in [-0.39, 0.29) is 5.75 Å². The molecule has 10 heteroatoms. The SMILES string of the molecule is COc1cc2c(Oc3c(F)cc([N+](=O)[O-])cc3F)ccnc2cc1OCC1CCN(C)CC1. The molecule has 0 spiro atoms. The number of aromatic nitrogens is 1. The number of halogens is 2. The summed E-state index contributed by atoms with van der Waals surface area (Å²) in [5, 5.41) is 11.3. The summed E-state index contributed by atoms with van der Waals surface area (Å²) in [7, 11) is 3.60. The maximum absolute atomic E-state index is 14.3. The summed E-state index contributed by atoms with van der Waals surface area (Å²) < 4.78 is 45.6. The Labute approximate surface area is 188 Å². The minimum absolute atomic E-state index is 0.117. The first-order chi connectivity index (χ1) is 15.9. The molecule has 1 aromatic heterocycles. The molecule has 0 amide bonds. The highest BCUT2D eigenvalue weighted by Crippen LogP contribution is 2.39. The molecule has 0 bridgehead atoms. The van der Waals surface area contributed by atoms with Crippen molar-refractivity contribution in [3.05, 3.63) is 58.3 Å². The van der Waals surface area contributed by atoms with Gasteiger partial charge in [-0.2, -0.15) is 0 Å². The van der Waals surface area contributed by atoms with Gasteiger partial charge >= 0.3 is 0 Å². The number of nitro benzene ring substituents is 1. The molecule has 3 aromatic rings. The molecule has 1 aliphatic rings. The van der Waals surface area contributed by atoms with Crippen molar-refractivity contribution in [2.24, 2.45) is 5.92 Å². The monoisotopic (exact) mass is 459 g/mol. The Morgan fingerprint density at radius 2 is 1.82 bits per heavy atom. The number of rotatable bonds is 7. The smallest absolute Gasteiger partial charge is 0.275 e. The largest absolute Gasteiger partial charge is 0.493 e. The van der Waals surface area contributed by atoms with Gasteiger partial charge < -0.3 is 19.1 Å². The second kappa shape index (κ2) is 9.53. The topological polar surface area (TPSA) is 87.0 Å². The highest BCUT2D eigenvalue weighted by Gasteiger charge is 2.21. The Balaban J connectivity index is 1.61. The van der Waals surface area contributed by atoms with E-state index in [1.54, 1.807) is 12.1 Å². The van der Waals surface area contributed by atoms with Crippen molar-refractivity contribution < 1.29 is 27.9 Å². The highest BCUT2D eigenvalue weighted by atomic mass is 19.1. The van der Waals surface area contributed by atoms with Gasteiger partial charge in [0.2, 0.25) is 0 Å². The van der Waals surface area contributed by atoms with Crippen LogP contribution >= 0.6 is 0 Å². The van der Waals surface area contributed by atoms with Crippen LogP contribution in [-0.4, -0.2) is 48.7 Å². The van der Waals surface area contributed by atoms with E-state index < -0.39 is 28.0 Å². The van der Waals surface area contributed by atoms with E-state index in [0.717, 1.165) is 25.9 Å². The quantitative estimate of drug-likeness (QED) is 0.365. The third-order valence-electron chi connectivity index (χ3n) is 5.71. The third-order valence-corrected chi connectivity index (χ3v) is 5.71. The molecule has 4 rings (SSSR count). The zero-order valence-electron chi connectivity index (χ0n) is 18.2. The zero-order chi connectivity index (χ0) is 23.5. The number of piperidine rings is 1. The first-order valence-corrected chi connectivity index (χ1v) is 10.4. The fraction of sp³-hybridized carbons (Fsp3) is 0.348. The molecule has 0 atom stereocenters. The molecule has 1 fully saturated rings. The Morgan fingerprint density at radius 3 is 2.45 bits per heavy atom. The van der Waals surface area contributed by atoms with Crippen LogP contribution in [0, 0.1) is 27.7 Å². The predicted molar refractivity (Wildman–Crippen MR) is 117 cm³/mol. The van der Waals surface area contributed by atoms with E-state index >= 15 is 0 Å². The van der Waals surface area contributed by atoms with Crippen LogP contribution < -0.4 is 14.2 Å². The number of methoxy groups -OCH3 is 1. The molecule has 1 aliphatic heterocycles. The number of non-ortho nitro benzene ring substituents is 1. The molecule has 33 heavy (non-hydrogen) atoms. The van der Waals surface area contributed by atoms with Crippen molar-refractivity contribution in [2.45, 2.75) is 12.8 Å². The molecule has 1 saturated heterocycles. The lowest BCUT2D eigenvalue weighted by molar-refractivity contribution is -0.385. The summed E-state index contributed by atoms with van der Waals surface area (Å²) in [5.41, 5.74) is -0.223. The number of ether oxygens (including phenoxy) is 3. The molecule has 0 N–H and O–H groups in total. The lowest BCUT2D eigenvalue weighted by atomic mass is 9.98. The molecule has 174 valence electrons. The zero-order valence-corrected chi connectivity index (χ0v) is 18.2. The third kappa shape index (κ3) is 4.95. The Bertz CT molecular complexity index is 1160. The number of fused-ring (bicyclic) bond motifs is 1. The van der Waals surface area contributed by atoms with E-state index in [9.17, 15) is 18.9 Å². The lowest BCUT2D eigenvalue weighted by Gasteiger charge is -2.28. The number of benzene rings is 2. The second-order valence-corrected chi connectivity index (χ2v) is 7.98. The first-order valence-electron chi connectivity index (χ1n) is 10.4. The van der Waals surface area contributed by atoms with Gasteiger partial charge in [-0.3, -0.25) is 15.1 Å². The van der Waals surface area contributed by atoms with E-state index in [2.05, 4.69) is 16.9 Å². The van der Waals surface area contributed by atoms with Crippen LogP contribution in [0.5, 0.6) is 23.0 Å². The van der Waals surface area contributed by atoms with Crippen LogP contribution in [0.4, 0.5) is 14.5 Å². The summed E-state index contributed by atoms with van der Waals surface area (Å²) in [5.74, 6) is -1.61. The van der Waals surface area contributed by atoms with Crippen molar-refractivity contribution in [3.8, 4) is 23.0 Å². The van der Waals surface area contributed by atoms with Crippen LogP contribution in [0.1, 0.15) is 12.8 Å². The van der Waals surface area contributed by atoms with Crippen molar-refractivity contribution in [1.82, 2.24) is 9.88 Å². The van der Waals surface area contributed by atoms with Gasteiger partial charge in [0.1, 0.15) is 5.75 Å². The van der Waals surface area contributed by atoms with Gasteiger partial charge in [-0.1, -0.05) is 0 Å². The molecule has 0 saturated carbocycles. The van der Waals surface area contributed by atoms with Crippen LogP contribution in [0.25, 0.3) is 10.9 Å². The fourth-order valence-electron chi connectivity index (χ4n) is 3.79. The van der Waals surface area contributed by atoms with E-state index in [1.807, 2.05) is 0 Å². The average Bonchev–Trinajstić information content (AvgIpc) is 2.80. The summed E-state index contributed by atoms with van der Waals surface area (Å²) in [6, 6.07) is 5.98. The van der Waals surface area contributed by atoms with Gasteiger partial charge in [-0.05, 0) is 51.0 Å². The molecular formula is C23H23F2N3O5. The van der Waals surface area contributed by atoms with E-state index in [0.29, 0.717) is 47.1 Å². The molecule has 0 radical (unpaired) electrons. The van der Waals surface area contributed by atoms with Crippen molar-refractivity contribution in [3.63, 3.8) is 0 Å². The van der Waals surface area contributed by atoms with E-state index in [4.69, 9.17) is 14.2 Å². The summed E-state index contributed by atoms with van der Waals surface area (Å²) in [6.45, 7) is 2.60. The van der Waals surface area contributed by atoms with Gasteiger partial charge in [0.15, 0.2) is 28.9 Å². The number of hydrogen-bond acceptors (Lipinski definition) is 7. The molecule has 8 nitrogen and oxygen atoms in total. The predicted octanol–water partition coefficient (Wildman–Crippen LogP) is 4.94. The average molecular weight is 459 g/mol. The van der Waals surface area contributed by atoms with Crippen molar-refractivity contribution in [1.29, 1.82) is 0 Å². The number of likely N-dealkylation sites (tertiary alicyclic amines) is 1. The van der Waals surface area contributed by atoms with Crippen LogP contribution in [0.3, 0.4) is 0 Å². The first kappa shape index (κ1) is 22.7. The van der Waals surface area contributed by atoms with Gasteiger partial charge in [0, 0.05) is 17.6 Å². The number of nitrogens with zero attached hydrogens (tertiary/aromatic N) is 3. The molecule has 0 aliphatic carbocycles. The highest BCUT2D eigenvalue weighted by molar-refractivity contribution is 5.88. The van der Waals surface area contributed by atoms with Gasteiger partial charge in [0.25, 0.3) is 5.69 Å². The molecule has 2 heterocycles. The maximum atomic E-state index is 14.3. The summed E-state index contributed by atoms with van der Waals surface area (Å²) in [4.78, 5) is 16.5. The Kier molecular flexibility index (Phi) is 6.55. The standard InChI is InChI=1S/C23H23F2N3O5/c1-27-7-4-14(5-8-27)13-32-22-12-19-16(11-21(22)31-2)20(3-6-26-19)33-23-17(24)9-15(28(29)30)10-18(23)25/h3,6,9-12,14H,4-5,7-8,13H2,1-2H3. The summed E-state index contributed by atoms with van der Waals surface area (Å²) in [6.07, 6.45) is 3.54. The number of pyridine rings is 1. The Hall–Kier alpha value is -3.53. The van der Waals surface area contributed by atoms with E-state index in [1.165, 1.54) is 19.4 Å². The fourth-order valence-corrected chi connectivity index (χ4v) is 3.79. The number of nitro groups is 1. The van der Waals surface area contributed by atoms with Crippen LogP contribution in [0.2, 0.25) is 0 Å². The minimum atomic E-state index is -1.18. The maximum Gasteiger partial charge on any atom is 0.275 e. The molecule has 0 unspecified atom stereocenters. The normalized spacial score (nSPS) is 14.9. The molecule has 2 aromatic carbocycles. The van der Waals surface area contributed by atoms with Crippen molar-refractivity contribution in [2.75, 3.05) is 33.9 Å². The molecular weight excluding hydrogens is 436 g/mol. The van der Waals surface area contributed by atoms with Crippen LogP contribution in [0.15, 0.2) is 36.5 Å². The Morgan fingerprint density at radius 1 is 1.12 bits per heavy atom. The minimum Gasteiger partial charge on any atom is -0.493 e. The van der Waals surface area contributed by atoms with Gasteiger partial charge in [0.05, 0.1) is 36.3 Å². The summed E-state index contributed by atoms with van der Waals surface area (Å²) >= 11 is 0. The lowest BCUT2D eigenvalue weighted by Crippen LogP contribution is -2.32. The van der Waals surface area contributed by atoms with Gasteiger partial charge in [-0.15, -0.1) is 0 Å². The second-order valence-electron chi connectivity index (χ2n) is 7.98. The number of hydrogen-bond donors (Lipinski definition) is 0. The van der Waals surface area contributed by atoms with Crippen molar-refractivity contribution >= 4 is 16.6 Å².